The number of carboxylic acid groups (broad SMARTS) is 1. The predicted octanol–water partition coefficient (Wildman–Crippen LogP) is 1.14. The Morgan fingerprint density at radius 1 is 1.19 bits per heavy atom. The molecule has 0 fully saturated rings. The number of nitrogens with one attached hydrogen (secondary N) is 1. The predicted molar refractivity (Wildman–Crippen MR) is 90.3 cm³/mol. The third kappa shape index (κ3) is 5.30. The molecule has 0 bridgehead atoms. The van der Waals surface area contributed by atoms with Crippen LogP contribution in [0.25, 0.3) is 0 Å². The van der Waals surface area contributed by atoms with Gasteiger partial charge in [0.25, 0.3) is 5.69 Å². The number of carboxylic acids is 1. The van der Waals surface area contributed by atoms with Crippen LogP contribution >= 0.6 is 0 Å². The van der Waals surface area contributed by atoms with Gasteiger partial charge in [-0.05, 0) is 23.3 Å². The number of ether oxygens (including phenoxy) is 1. The number of non-ortho nitro benzene ring substituents is 1. The van der Waals surface area contributed by atoms with Crippen molar-refractivity contribution in [1.29, 1.82) is 0 Å². The molecule has 1 amide bonds. The molecule has 8 nitrogen and oxygen atoms in total. The van der Waals surface area contributed by atoms with Gasteiger partial charge in [0.05, 0.1) is 24.5 Å². The summed E-state index contributed by atoms with van der Waals surface area (Å²) in [5.74, 6) is -1.13. The summed E-state index contributed by atoms with van der Waals surface area (Å²) in [5.41, 5.74) is 0.858. The summed E-state index contributed by atoms with van der Waals surface area (Å²) in [6.07, 6.45) is -0.460. The molecule has 2 aromatic carbocycles. The zero-order chi connectivity index (χ0) is 19.1. The summed E-state index contributed by atoms with van der Waals surface area (Å²) in [6.45, 7) is 0. The molecule has 0 aromatic heterocycles. The van der Waals surface area contributed by atoms with Gasteiger partial charge < -0.3 is 20.0 Å². The quantitative estimate of drug-likeness (QED) is 0.558. The maximum absolute atomic E-state index is 12.3. The number of methoxy groups -OCH3 is 1. The number of aliphatic carboxylic acids is 1. The molecule has 0 unspecified atom stereocenters. The van der Waals surface area contributed by atoms with Crippen molar-refractivity contribution in [1.82, 2.24) is 5.32 Å². The summed E-state index contributed by atoms with van der Waals surface area (Å²) >= 11 is 0. The molecule has 1 atom stereocenters. The Labute approximate surface area is 149 Å². The highest BCUT2D eigenvalue weighted by atomic mass is 16.6. The van der Waals surface area contributed by atoms with Crippen LogP contribution in [0.3, 0.4) is 0 Å². The average molecular weight is 357 g/mol. The first-order chi connectivity index (χ1) is 12.4. The van der Waals surface area contributed by atoms with Crippen LogP contribution in [0.15, 0.2) is 48.5 Å². The van der Waals surface area contributed by atoms with E-state index in [1.807, 2.05) is 0 Å². The summed E-state index contributed by atoms with van der Waals surface area (Å²) in [7, 11) is 1.53. The molecule has 0 aliphatic carbocycles. The molecule has 8 heteroatoms. The van der Waals surface area contributed by atoms with E-state index in [9.17, 15) is 24.8 Å². The Kier molecular flexibility index (Phi) is 6.26. The van der Waals surface area contributed by atoms with E-state index in [0.29, 0.717) is 11.3 Å². The Hall–Kier alpha value is -3.42. The minimum atomic E-state index is -1.37. The molecule has 0 aliphatic heterocycles. The topological polar surface area (TPSA) is 122 Å². The number of nitrogens with zero attached hydrogens (tertiary/aromatic N) is 1. The first-order valence-corrected chi connectivity index (χ1v) is 7.75. The molecule has 2 rings (SSSR count). The molecular weight excluding hydrogens is 340 g/mol. The van der Waals surface area contributed by atoms with Crippen LogP contribution in [0.1, 0.15) is 23.6 Å². The first-order valence-electron chi connectivity index (χ1n) is 7.75. The lowest BCUT2D eigenvalue weighted by Gasteiger charge is -2.20. The maximum Gasteiger partial charge on any atom is 0.269 e. The van der Waals surface area contributed by atoms with Crippen molar-refractivity contribution in [2.75, 3.05) is 7.11 Å². The van der Waals surface area contributed by atoms with Gasteiger partial charge in [-0.15, -0.1) is 0 Å². The van der Waals surface area contributed by atoms with Gasteiger partial charge in [0.2, 0.25) is 5.91 Å². The van der Waals surface area contributed by atoms with Gasteiger partial charge >= 0.3 is 0 Å². The standard InChI is InChI=1S/C18H18N2O6/c1-26-15-7-5-12(6-8-15)9-17(21)19-16(11-18(22)23)13-3-2-4-14(10-13)20(24)25/h2-8,10,16H,9,11H2,1H3,(H,19,21)(H,22,23)/p-1/t16-/m1/s1. The highest BCUT2D eigenvalue weighted by Crippen LogP contribution is 2.22. The molecule has 0 saturated carbocycles. The lowest BCUT2D eigenvalue weighted by Crippen LogP contribution is -2.35. The van der Waals surface area contributed by atoms with Gasteiger partial charge in [-0.1, -0.05) is 24.3 Å². The second-order valence-corrected chi connectivity index (χ2v) is 5.57. The summed E-state index contributed by atoms with van der Waals surface area (Å²) in [6, 6.07) is 11.4. The fourth-order valence-electron chi connectivity index (χ4n) is 2.45. The maximum atomic E-state index is 12.3. The third-order valence-corrected chi connectivity index (χ3v) is 3.71. The molecule has 0 saturated heterocycles. The first kappa shape index (κ1) is 18.9. The van der Waals surface area contributed by atoms with E-state index in [0.717, 1.165) is 5.56 Å². The van der Waals surface area contributed by atoms with Gasteiger partial charge in [-0.3, -0.25) is 14.9 Å². The van der Waals surface area contributed by atoms with Crippen LogP contribution < -0.4 is 15.2 Å². The molecule has 1 N–H and O–H groups in total. The van der Waals surface area contributed by atoms with Crippen molar-refractivity contribution < 1.29 is 24.4 Å². The number of rotatable bonds is 8. The van der Waals surface area contributed by atoms with Crippen molar-refractivity contribution >= 4 is 17.6 Å². The van der Waals surface area contributed by atoms with Crippen molar-refractivity contribution in [2.24, 2.45) is 0 Å². The van der Waals surface area contributed by atoms with Crippen molar-refractivity contribution in [3.05, 3.63) is 69.8 Å². The third-order valence-electron chi connectivity index (χ3n) is 3.71. The second kappa shape index (κ2) is 8.61. The Morgan fingerprint density at radius 3 is 2.46 bits per heavy atom. The molecule has 0 spiro atoms. The number of nitro groups is 1. The largest absolute Gasteiger partial charge is 0.550 e. The van der Waals surface area contributed by atoms with Crippen molar-refractivity contribution in [3.63, 3.8) is 0 Å². The summed E-state index contributed by atoms with van der Waals surface area (Å²) in [4.78, 5) is 33.6. The summed E-state index contributed by atoms with van der Waals surface area (Å²) in [5, 5.41) is 24.5. The van der Waals surface area contributed by atoms with Crippen LogP contribution in [0.4, 0.5) is 5.69 Å². The fraction of sp³-hybridized carbons (Fsp3) is 0.222. The number of hydrogen-bond donors (Lipinski definition) is 1. The van der Waals surface area contributed by atoms with Gasteiger partial charge in [0, 0.05) is 24.5 Å². The molecule has 136 valence electrons. The minimum Gasteiger partial charge on any atom is -0.550 e. The zero-order valence-corrected chi connectivity index (χ0v) is 14.0. The highest BCUT2D eigenvalue weighted by Gasteiger charge is 2.18. The molecular formula is C18H17N2O6-. The SMILES string of the molecule is COc1ccc(CC(=O)N[C@H](CC(=O)[O-])c2cccc([N+](=O)[O-])c2)cc1. The van der Waals surface area contributed by atoms with Crippen LogP contribution in [-0.2, 0) is 16.0 Å². The average Bonchev–Trinajstić information content (AvgIpc) is 2.61. The summed E-state index contributed by atoms with van der Waals surface area (Å²) < 4.78 is 5.04. The van der Waals surface area contributed by atoms with Crippen molar-refractivity contribution in [2.45, 2.75) is 18.9 Å². The smallest absolute Gasteiger partial charge is 0.269 e. The second-order valence-electron chi connectivity index (χ2n) is 5.57. The van der Waals surface area contributed by atoms with E-state index in [1.165, 1.54) is 31.4 Å². The van der Waals surface area contributed by atoms with E-state index in [1.54, 1.807) is 24.3 Å². The van der Waals surface area contributed by atoms with Gasteiger partial charge in [-0.25, -0.2) is 0 Å². The monoisotopic (exact) mass is 357 g/mol. The molecule has 0 heterocycles. The number of carbonyl (C=O) groups is 2. The number of amides is 1. The van der Waals surface area contributed by atoms with Crippen LogP contribution in [-0.4, -0.2) is 23.9 Å². The van der Waals surface area contributed by atoms with Gasteiger partial charge in [-0.2, -0.15) is 0 Å². The Morgan fingerprint density at radius 2 is 1.88 bits per heavy atom. The number of hydrogen-bond acceptors (Lipinski definition) is 6. The molecule has 0 radical (unpaired) electrons. The molecule has 26 heavy (non-hydrogen) atoms. The van der Waals surface area contributed by atoms with Gasteiger partial charge in [0.1, 0.15) is 5.75 Å². The Bertz CT molecular complexity index is 804. The molecule has 2 aromatic rings. The van der Waals surface area contributed by atoms with E-state index in [-0.39, 0.29) is 12.1 Å². The lowest BCUT2D eigenvalue weighted by molar-refractivity contribution is -0.385. The lowest BCUT2D eigenvalue weighted by atomic mass is 10.0. The number of benzene rings is 2. The molecule has 0 aliphatic rings. The van der Waals surface area contributed by atoms with E-state index < -0.39 is 29.3 Å². The van der Waals surface area contributed by atoms with Crippen LogP contribution in [0.2, 0.25) is 0 Å². The number of nitro benzene ring substituents is 1. The normalized spacial score (nSPS) is 11.4. The number of carbonyl (C=O) groups excluding carboxylic acids is 2. The highest BCUT2D eigenvalue weighted by molar-refractivity contribution is 5.80. The minimum absolute atomic E-state index is 0.0302. The van der Waals surface area contributed by atoms with Crippen LogP contribution in [0.5, 0.6) is 5.75 Å². The van der Waals surface area contributed by atoms with E-state index in [4.69, 9.17) is 4.74 Å². The zero-order valence-electron chi connectivity index (χ0n) is 14.0. The fourth-order valence-corrected chi connectivity index (χ4v) is 2.45. The van der Waals surface area contributed by atoms with E-state index >= 15 is 0 Å². The Balaban J connectivity index is 2.13. The van der Waals surface area contributed by atoms with Crippen LogP contribution in [0, 0.1) is 10.1 Å². The van der Waals surface area contributed by atoms with Crippen molar-refractivity contribution in [3.8, 4) is 5.75 Å². The van der Waals surface area contributed by atoms with E-state index in [2.05, 4.69) is 5.32 Å². The van der Waals surface area contributed by atoms with Gasteiger partial charge in [0.15, 0.2) is 0 Å².